The minimum Gasteiger partial charge on any atom is -0.477 e. The number of carbonyl (C=O) groups excluding carboxylic acids is 1. The fourth-order valence-corrected chi connectivity index (χ4v) is 3.93. The zero-order chi connectivity index (χ0) is 19.8. The SMILES string of the molecule is CC(C)n1c(C2CCCN2C(=O)c2ccc(C(=O)O)nc2)nc2ccccc21. The normalized spacial score (nSPS) is 16.8. The molecule has 1 aromatic carbocycles. The van der Waals surface area contributed by atoms with Crippen LogP contribution in [0.5, 0.6) is 0 Å². The van der Waals surface area contributed by atoms with E-state index < -0.39 is 5.97 Å². The van der Waals surface area contributed by atoms with Crippen LogP contribution in [-0.2, 0) is 0 Å². The number of hydrogen-bond donors (Lipinski definition) is 1. The first-order chi connectivity index (χ1) is 13.5. The van der Waals surface area contributed by atoms with Gasteiger partial charge in [-0.25, -0.2) is 14.8 Å². The number of nitrogens with zero attached hydrogens (tertiary/aromatic N) is 4. The predicted octanol–water partition coefficient (Wildman–Crippen LogP) is 3.69. The van der Waals surface area contributed by atoms with E-state index in [4.69, 9.17) is 10.1 Å². The fraction of sp³-hybridized carbons (Fsp3) is 0.333. The third-order valence-corrected chi connectivity index (χ3v) is 5.18. The monoisotopic (exact) mass is 378 g/mol. The molecule has 1 fully saturated rings. The van der Waals surface area contributed by atoms with Gasteiger partial charge in [0.15, 0.2) is 0 Å². The number of fused-ring (bicyclic) bond motifs is 1. The number of benzene rings is 1. The van der Waals surface area contributed by atoms with Crippen LogP contribution in [0.2, 0.25) is 0 Å². The topological polar surface area (TPSA) is 88.3 Å². The van der Waals surface area contributed by atoms with Gasteiger partial charge in [0.2, 0.25) is 0 Å². The molecule has 0 radical (unpaired) electrons. The van der Waals surface area contributed by atoms with Crippen molar-refractivity contribution >= 4 is 22.9 Å². The molecule has 144 valence electrons. The summed E-state index contributed by atoms with van der Waals surface area (Å²) >= 11 is 0. The smallest absolute Gasteiger partial charge is 0.354 e. The highest BCUT2D eigenvalue weighted by Gasteiger charge is 2.34. The Morgan fingerprint density at radius 1 is 1.18 bits per heavy atom. The van der Waals surface area contributed by atoms with Crippen molar-refractivity contribution in [2.45, 2.75) is 38.8 Å². The van der Waals surface area contributed by atoms with Crippen molar-refractivity contribution in [1.82, 2.24) is 19.4 Å². The van der Waals surface area contributed by atoms with Gasteiger partial charge in [-0.05, 0) is 51.0 Å². The molecule has 2 aromatic heterocycles. The summed E-state index contributed by atoms with van der Waals surface area (Å²) in [4.78, 5) is 34.7. The molecule has 0 saturated carbocycles. The van der Waals surface area contributed by atoms with E-state index >= 15 is 0 Å². The van der Waals surface area contributed by atoms with E-state index in [-0.39, 0.29) is 23.7 Å². The highest BCUT2D eigenvalue weighted by atomic mass is 16.4. The van der Waals surface area contributed by atoms with Crippen LogP contribution in [0.4, 0.5) is 0 Å². The second-order valence-corrected chi connectivity index (χ2v) is 7.32. The Morgan fingerprint density at radius 2 is 1.96 bits per heavy atom. The minimum absolute atomic E-state index is 0.0730. The van der Waals surface area contributed by atoms with Gasteiger partial charge in [0, 0.05) is 18.8 Å². The van der Waals surface area contributed by atoms with Gasteiger partial charge in [-0.1, -0.05) is 12.1 Å². The lowest BCUT2D eigenvalue weighted by Crippen LogP contribution is -2.32. The van der Waals surface area contributed by atoms with Gasteiger partial charge in [0.1, 0.15) is 11.5 Å². The van der Waals surface area contributed by atoms with Gasteiger partial charge in [-0.3, -0.25) is 4.79 Å². The Labute approximate surface area is 162 Å². The molecule has 1 atom stereocenters. The van der Waals surface area contributed by atoms with Gasteiger partial charge in [-0.2, -0.15) is 0 Å². The Hall–Kier alpha value is -3.22. The molecular formula is C21H22N4O3. The number of amides is 1. The molecule has 1 saturated heterocycles. The Balaban J connectivity index is 1.71. The summed E-state index contributed by atoms with van der Waals surface area (Å²) < 4.78 is 2.21. The Bertz CT molecular complexity index is 1040. The maximum absolute atomic E-state index is 13.1. The Kier molecular flexibility index (Phi) is 4.58. The average molecular weight is 378 g/mol. The zero-order valence-electron chi connectivity index (χ0n) is 15.9. The van der Waals surface area contributed by atoms with E-state index in [0.717, 1.165) is 29.7 Å². The number of pyridine rings is 1. The van der Waals surface area contributed by atoms with Gasteiger partial charge < -0.3 is 14.6 Å². The summed E-state index contributed by atoms with van der Waals surface area (Å²) in [6.45, 7) is 4.88. The summed E-state index contributed by atoms with van der Waals surface area (Å²) in [6.07, 6.45) is 3.09. The van der Waals surface area contributed by atoms with E-state index in [2.05, 4.69) is 29.5 Å². The second-order valence-electron chi connectivity index (χ2n) is 7.32. The molecule has 1 amide bonds. The predicted molar refractivity (Wildman–Crippen MR) is 104 cm³/mol. The number of carbonyl (C=O) groups is 2. The van der Waals surface area contributed by atoms with Crippen molar-refractivity contribution in [3.05, 3.63) is 59.7 Å². The number of rotatable bonds is 4. The molecule has 1 unspecified atom stereocenters. The number of hydrogen-bond acceptors (Lipinski definition) is 4. The van der Waals surface area contributed by atoms with Gasteiger partial charge in [0.05, 0.1) is 22.6 Å². The van der Waals surface area contributed by atoms with Crippen molar-refractivity contribution in [2.75, 3.05) is 6.54 Å². The summed E-state index contributed by atoms with van der Waals surface area (Å²) in [7, 11) is 0. The third-order valence-electron chi connectivity index (χ3n) is 5.18. The second kappa shape index (κ2) is 7.07. The molecule has 4 rings (SSSR count). The van der Waals surface area contributed by atoms with Crippen LogP contribution < -0.4 is 0 Å². The van der Waals surface area contributed by atoms with Crippen molar-refractivity contribution in [1.29, 1.82) is 0 Å². The molecule has 0 bridgehead atoms. The van der Waals surface area contributed by atoms with Crippen molar-refractivity contribution in [3.8, 4) is 0 Å². The highest BCUT2D eigenvalue weighted by Crippen LogP contribution is 2.35. The molecule has 3 aromatic rings. The van der Waals surface area contributed by atoms with Gasteiger partial charge in [-0.15, -0.1) is 0 Å². The van der Waals surface area contributed by atoms with Gasteiger partial charge in [0.25, 0.3) is 5.91 Å². The number of carboxylic acid groups (broad SMARTS) is 1. The van der Waals surface area contributed by atoms with Crippen LogP contribution in [0.15, 0.2) is 42.6 Å². The molecule has 1 aliphatic rings. The first kappa shape index (κ1) is 18.2. The number of aromatic nitrogens is 3. The van der Waals surface area contributed by atoms with Crippen molar-refractivity contribution in [2.24, 2.45) is 0 Å². The lowest BCUT2D eigenvalue weighted by Gasteiger charge is -2.26. The molecule has 7 nitrogen and oxygen atoms in total. The molecule has 0 spiro atoms. The average Bonchev–Trinajstić information content (AvgIpc) is 3.31. The first-order valence-electron chi connectivity index (χ1n) is 9.44. The lowest BCUT2D eigenvalue weighted by atomic mass is 10.1. The van der Waals surface area contributed by atoms with E-state index in [1.165, 1.54) is 18.3 Å². The van der Waals surface area contributed by atoms with E-state index in [1.807, 2.05) is 23.1 Å². The first-order valence-corrected chi connectivity index (χ1v) is 9.44. The van der Waals surface area contributed by atoms with Crippen LogP contribution in [-0.4, -0.2) is 43.0 Å². The summed E-state index contributed by atoms with van der Waals surface area (Å²) in [5, 5.41) is 9.00. The molecule has 7 heteroatoms. The van der Waals surface area contributed by atoms with Crippen LogP contribution in [0.3, 0.4) is 0 Å². The summed E-state index contributed by atoms with van der Waals surface area (Å²) in [5.41, 5.74) is 2.32. The number of carboxylic acids is 1. The quantitative estimate of drug-likeness (QED) is 0.748. The number of likely N-dealkylation sites (tertiary alicyclic amines) is 1. The largest absolute Gasteiger partial charge is 0.477 e. The van der Waals surface area contributed by atoms with Crippen molar-refractivity contribution in [3.63, 3.8) is 0 Å². The molecule has 28 heavy (non-hydrogen) atoms. The maximum Gasteiger partial charge on any atom is 0.354 e. The third kappa shape index (κ3) is 3.02. The molecule has 1 aliphatic heterocycles. The minimum atomic E-state index is -1.11. The summed E-state index contributed by atoms with van der Waals surface area (Å²) in [5.74, 6) is -0.352. The molecule has 0 aliphatic carbocycles. The van der Waals surface area contributed by atoms with Crippen molar-refractivity contribution < 1.29 is 14.7 Å². The standard InChI is InChI=1S/C21H22N4O3/c1-13(2)25-17-7-4-3-6-15(17)23-19(25)18-8-5-11-24(18)20(26)14-9-10-16(21(27)28)22-12-14/h3-4,6-7,9-10,12-13,18H,5,8,11H2,1-2H3,(H,27,28). The molecule has 3 heterocycles. The molecule has 1 N–H and O–H groups in total. The van der Waals surface area contributed by atoms with E-state index in [9.17, 15) is 9.59 Å². The van der Waals surface area contributed by atoms with E-state index in [1.54, 1.807) is 0 Å². The van der Waals surface area contributed by atoms with Crippen LogP contribution in [0.1, 0.15) is 65.4 Å². The number of aromatic carboxylic acids is 1. The van der Waals surface area contributed by atoms with Crippen LogP contribution >= 0.6 is 0 Å². The highest BCUT2D eigenvalue weighted by molar-refractivity contribution is 5.95. The number of para-hydroxylation sites is 2. The fourth-order valence-electron chi connectivity index (χ4n) is 3.93. The Morgan fingerprint density at radius 3 is 2.64 bits per heavy atom. The lowest BCUT2D eigenvalue weighted by molar-refractivity contribution is 0.0685. The zero-order valence-corrected chi connectivity index (χ0v) is 15.9. The summed E-state index contributed by atoms with van der Waals surface area (Å²) in [6, 6.07) is 11.0. The van der Waals surface area contributed by atoms with Crippen LogP contribution in [0, 0.1) is 0 Å². The van der Waals surface area contributed by atoms with E-state index in [0.29, 0.717) is 12.1 Å². The molecular weight excluding hydrogens is 356 g/mol. The maximum atomic E-state index is 13.1. The number of imidazole rings is 1. The van der Waals surface area contributed by atoms with Gasteiger partial charge >= 0.3 is 5.97 Å². The van der Waals surface area contributed by atoms with Crippen LogP contribution in [0.25, 0.3) is 11.0 Å².